The van der Waals surface area contributed by atoms with Crippen LogP contribution in [0.25, 0.3) is 22.7 Å². The zero-order valence-corrected chi connectivity index (χ0v) is 14.0. The molecule has 5 heteroatoms. The first kappa shape index (κ1) is 15.9. The standard InChI is InChI=1S/C21H17N3O2/c25-18(14-15-8-3-1-4-9-15)22-21-19(16-10-5-2-6-11-16)23-24-20(21)17-12-7-13-26-17/h1-13H,14H2,(H,22,25)(H,23,24). The van der Waals surface area contributed by atoms with Crippen molar-refractivity contribution in [1.29, 1.82) is 0 Å². The molecule has 26 heavy (non-hydrogen) atoms. The Labute approximate surface area is 150 Å². The van der Waals surface area contributed by atoms with Crippen LogP contribution in [0.4, 0.5) is 5.69 Å². The van der Waals surface area contributed by atoms with Crippen molar-refractivity contribution in [3.05, 3.63) is 84.6 Å². The molecule has 2 heterocycles. The molecule has 4 aromatic rings. The third kappa shape index (κ3) is 3.28. The van der Waals surface area contributed by atoms with Crippen molar-refractivity contribution in [2.24, 2.45) is 0 Å². The molecule has 0 saturated heterocycles. The fraction of sp³-hybridized carbons (Fsp3) is 0.0476. The minimum absolute atomic E-state index is 0.109. The van der Waals surface area contributed by atoms with Crippen molar-refractivity contribution in [3.63, 3.8) is 0 Å². The van der Waals surface area contributed by atoms with Crippen molar-refractivity contribution in [3.8, 4) is 22.7 Å². The summed E-state index contributed by atoms with van der Waals surface area (Å²) in [6.07, 6.45) is 1.88. The highest BCUT2D eigenvalue weighted by Gasteiger charge is 2.20. The smallest absolute Gasteiger partial charge is 0.228 e. The Hall–Kier alpha value is -3.60. The number of hydrogen-bond donors (Lipinski definition) is 2. The molecule has 0 radical (unpaired) electrons. The van der Waals surface area contributed by atoms with Crippen molar-refractivity contribution >= 4 is 11.6 Å². The molecule has 0 aliphatic carbocycles. The number of furan rings is 1. The molecule has 0 saturated carbocycles. The van der Waals surface area contributed by atoms with E-state index in [4.69, 9.17) is 4.42 Å². The number of hydrogen-bond acceptors (Lipinski definition) is 3. The minimum atomic E-state index is -0.109. The molecule has 5 nitrogen and oxygen atoms in total. The van der Waals surface area contributed by atoms with Gasteiger partial charge in [0.15, 0.2) is 5.76 Å². The van der Waals surface area contributed by atoms with Gasteiger partial charge in [-0.2, -0.15) is 5.10 Å². The van der Waals surface area contributed by atoms with E-state index in [2.05, 4.69) is 15.5 Å². The molecule has 0 atom stereocenters. The largest absolute Gasteiger partial charge is 0.463 e. The molecule has 0 bridgehead atoms. The topological polar surface area (TPSA) is 70.9 Å². The Morgan fingerprint density at radius 3 is 2.38 bits per heavy atom. The summed E-state index contributed by atoms with van der Waals surface area (Å²) < 4.78 is 5.49. The Kier molecular flexibility index (Phi) is 4.35. The quantitative estimate of drug-likeness (QED) is 0.560. The van der Waals surface area contributed by atoms with Crippen LogP contribution in [0.3, 0.4) is 0 Å². The van der Waals surface area contributed by atoms with Crippen LogP contribution in [0.1, 0.15) is 5.56 Å². The van der Waals surface area contributed by atoms with E-state index >= 15 is 0 Å². The van der Waals surface area contributed by atoms with Crippen LogP contribution >= 0.6 is 0 Å². The molecule has 0 unspecified atom stereocenters. The van der Waals surface area contributed by atoms with Gasteiger partial charge in [0.2, 0.25) is 5.91 Å². The predicted molar refractivity (Wildman–Crippen MR) is 101 cm³/mol. The third-order valence-electron chi connectivity index (χ3n) is 4.05. The van der Waals surface area contributed by atoms with Gasteiger partial charge in [0.25, 0.3) is 0 Å². The van der Waals surface area contributed by atoms with E-state index in [0.717, 1.165) is 11.1 Å². The van der Waals surface area contributed by atoms with Gasteiger partial charge in [-0.1, -0.05) is 60.7 Å². The van der Waals surface area contributed by atoms with Gasteiger partial charge in [-0.15, -0.1) is 0 Å². The van der Waals surface area contributed by atoms with Crippen LogP contribution in [0, 0.1) is 0 Å². The van der Waals surface area contributed by atoms with Crippen LogP contribution < -0.4 is 5.32 Å². The second kappa shape index (κ2) is 7.11. The van der Waals surface area contributed by atoms with Crippen LogP contribution in [-0.4, -0.2) is 16.1 Å². The summed E-state index contributed by atoms with van der Waals surface area (Å²) in [5, 5.41) is 10.4. The third-order valence-corrected chi connectivity index (χ3v) is 4.05. The zero-order chi connectivity index (χ0) is 17.8. The zero-order valence-electron chi connectivity index (χ0n) is 14.0. The summed E-state index contributed by atoms with van der Waals surface area (Å²) in [6.45, 7) is 0. The summed E-state index contributed by atoms with van der Waals surface area (Å²) in [5.41, 5.74) is 3.81. The summed E-state index contributed by atoms with van der Waals surface area (Å²) in [4.78, 5) is 12.6. The normalized spacial score (nSPS) is 10.6. The highest BCUT2D eigenvalue weighted by molar-refractivity contribution is 6.00. The molecule has 2 aromatic carbocycles. The van der Waals surface area contributed by atoms with Crippen molar-refractivity contribution in [1.82, 2.24) is 10.2 Å². The maximum absolute atomic E-state index is 12.6. The number of rotatable bonds is 5. The maximum atomic E-state index is 12.6. The van der Waals surface area contributed by atoms with Gasteiger partial charge >= 0.3 is 0 Å². The Morgan fingerprint density at radius 1 is 0.962 bits per heavy atom. The lowest BCUT2D eigenvalue weighted by molar-refractivity contribution is -0.115. The Bertz CT molecular complexity index is 990. The average Bonchev–Trinajstić information content (AvgIpc) is 3.33. The first-order valence-electron chi connectivity index (χ1n) is 8.32. The lowest BCUT2D eigenvalue weighted by Gasteiger charge is -2.08. The SMILES string of the molecule is O=C(Cc1ccccc1)Nc1c(-c2ccccc2)n[nH]c1-c1ccco1. The number of H-pyrrole nitrogens is 1. The van der Waals surface area contributed by atoms with Crippen molar-refractivity contribution in [2.45, 2.75) is 6.42 Å². The van der Waals surface area contributed by atoms with E-state index in [0.29, 0.717) is 22.8 Å². The van der Waals surface area contributed by atoms with Gasteiger partial charge in [-0.25, -0.2) is 0 Å². The minimum Gasteiger partial charge on any atom is -0.463 e. The number of aromatic nitrogens is 2. The molecule has 4 rings (SSSR count). The Balaban J connectivity index is 1.68. The fourth-order valence-electron chi connectivity index (χ4n) is 2.83. The fourth-order valence-corrected chi connectivity index (χ4v) is 2.83. The van der Waals surface area contributed by atoms with Gasteiger partial charge in [-0.3, -0.25) is 9.89 Å². The molecule has 2 aromatic heterocycles. The summed E-state index contributed by atoms with van der Waals surface area (Å²) in [5.74, 6) is 0.511. The van der Waals surface area contributed by atoms with Gasteiger partial charge in [-0.05, 0) is 17.7 Å². The van der Waals surface area contributed by atoms with E-state index < -0.39 is 0 Å². The van der Waals surface area contributed by atoms with Crippen molar-refractivity contribution in [2.75, 3.05) is 5.32 Å². The summed E-state index contributed by atoms with van der Waals surface area (Å²) in [6, 6.07) is 23.0. The van der Waals surface area contributed by atoms with Gasteiger partial charge in [0.1, 0.15) is 11.4 Å². The van der Waals surface area contributed by atoms with Crippen LogP contribution in [0.15, 0.2) is 83.5 Å². The summed E-state index contributed by atoms with van der Waals surface area (Å²) >= 11 is 0. The lowest BCUT2D eigenvalue weighted by Crippen LogP contribution is -2.15. The first-order valence-corrected chi connectivity index (χ1v) is 8.32. The maximum Gasteiger partial charge on any atom is 0.228 e. The van der Waals surface area contributed by atoms with Gasteiger partial charge in [0.05, 0.1) is 18.4 Å². The molecule has 128 valence electrons. The molecule has 0 fully saturated rings. The van der Waals surface area contributed by atoms with Crippen molar-refractivity contribution < 1.29 is 9.21 Å². The monoisotopic (exact) mass is 343 g/mol. The highest BCUT2D eigenvalue weighted by Crippen LogP contribution is 2.35. The van der Waals surface area contributed by atoms with E-state index in [1.165, 1.54) is 0 Å². The van der Waals surface area contributed by atoms with E-state index in [9.17, 15) is 4.79 Å². The number of amides is 1. The summed E-state index contributed by atoms with van der Waals surface area (Å²) in [7, 11) is 0. The predicted octanol–water partition coefficient (Wildman–Crippen LogP) is 4.52. The Morgan fingerprint density at radius 2 is 1.69 bits per heavy atom. The highest BCUT2D eigenvalue weighted by atomic mass is 16.3. The van der Waals surface area contributed by atoms with Gasteiger partial charge in [0, 0.05) is 5.56 Å². The first-order chi connectivity index (χ1) is 12.8. The molecule has 0 aliphatic heterocycles. The molecule has 0 aliphatic rings. The number of aromatic amines is 1. The number of anilines is 1. The number of nitrogens with one attached hydrogen (secondary N) is 2. The lowest BCUT2D eigenvalue weighted by atomic mass is 10.1. The number of nitrogens with zero attached hydrogens (tertiary/aromatic N) is 1. The second-order valence-corrected chi connectivity index (χ2v) is 5.88. The van der Waals surface area contributed by atoms with E-state index in [-0.39, 0.29) is 12.3 Å². The molecular weight excluding hydrogens is 326 g/mol. The second-order valence-electron chi connectivity index (χ2n) is 5.88. The number of carbonyl (C=O) groups excluding carboxylic acids is 1. The van der Waals surface area contributed by atoms with Crippen LogP contribution in [0.2, 0.25) is 0 Å². The van der Waals surface area contributed by atoms with Crippen LogP contribution in [0.5, 0.6) is 0 Å². The number of benzene rings is 2. The van der Waals surface area contributed by atoms with E-state index in [1.807, 2.05) is 66.7 Å². The van der Waals surface area contributed by atoms with E-state index in [1.54, 1.807) is 12.3 Å². The molecule has 2 N–H and O–H groups in total. The molecular formula is C21H17N3O2. The average molecular weight is 343 g/mol. The van der Waals surface area contributed by atoms with Gasteiger partial charge < -0.3 is 9.73 Å². The number of carbonyl (C=O) groups is 1. The molecule has 0 spiro atoms. The van der Waals surface area contributed by atoms with Crippen LogP contribution in [-0.2, 0) is 11.2 Å². The molecule has 1 amide bonds.